The number of hydrogen-bond acceptors (Lipinski definition) is 4. The van der Waals surface area contributed by atoms with Crippen molar-refractivity contribution in [1.82, 2.24) is 15.1 Å². The smallest absolute Gasteiger partial charge is 0.239 e. The molecule has 0 radical (unpaired) electrons. The third-order valence-corrected chi connectivity index (χ3v) is 4.76. The fourth-order valence-corrected chi connectivity index (χ4v) is 3.54. The van der Waals surface area contributed by atoms with Crippen molar-refractivity contribution in [1.29, 1.82) is 0 Å². The number of thiophene rings is 1. The first-order valence-corrected chi connectivity index (χ1v) is 8.03. The Kier molecular flexibility index (Phi) is 4.15. The fraction of sp³-hybridized carbons (Fsp3) is 0.643. The van der Waals surface area contributed by atoms with Crippen LogP contribution in [0.1, 0.15) is 18.4 Å². The van der Waals surface area contributed by atoms with Gasteiger partial charge in [-0.05, 0) is 41.8 Å². The Labute approximate surface area is 118 Å². The van der Waals surface area contributed by atoms with Gasteiger partial charge in [0.1, 0.15) is 0 Å². The highest BCUT2D eigenvalue weighted by Gasteiger charge is 2.28. The Morgan fingerprint density at radius 2 is 2.21 bits per heavy atom. The Morgan fingerprint density at radius 1 is 1.37 bits per heavy atom. The van der Waals surface area contributed by atoms with E-state index in [9.17, 15) is 4.79 Å². The molecule has 0 aliphatic carbocycles. The van der Waals surface area contributed by atoms with Gasteiger partial charge in [-0.2, -0.15) is 11.3 Å². The van der Waals surface area contributed by atoms with Gasteiger partial charge in [0.15, 0.2) is 0 Å². The molecule has 5 heteroatoms. The SMILES string of the molecule is O=C(C1CCCN1)N1CCN(Cc2ccsc2)CC1. The molecule has 1 aromatic rings. The van der Waals surface area contributed by atoms with Crippen molar-refractivity contribution in [3.8, 4) is 0 Å². The molecule has 104 valence electrons. The molecular weight excluding hydrogens is 258 g/mol. The number of hydrogen-bond donors (Lipinski definition) is 1. The molecule has 1 amide bonds. The van der Waals surface area contributed by atoms with E-state index in [1.165, 1.54) is 5.56 Å². The van der Waals surface area contributed by atoms with E-state index in [-0.39, 0.29) is 6.04 Å². The zero-order chi connectivity index (χ0) is 13.1. The van der Waals surface area contributed by atoms with Crippen LogP contribution in [0, 0.1) is 0 Å². The predicted octanol–water partition coefficient (Wildman–Crippen LogP) is 1.14. The van der Waals surface area contributed by atoms with Crippen LogP contribution in [0.2, 0.25) is 0 Å². The summed E-state index contributed by atoms with van der Waals surface area (Å²) in [4.78, 5) is 16.7. The minimum absolute atomic E-state index is 0.0865. The first-order valence-electron chi connectivity index (χ1n) is 7.08. The molecule has 0 aromatic carbocycles. The van der Waals surface area contributed by atoms with Crippen molar-refractivity contribution in [2.75, 3.05) is 32.7 Å². The second-order valence-electron chi connectivity index (χ2n) is 5.38. The van der Waals surface area contributed by atoms with Crippen LogP contribution in [-0.4, -0.2) is 54.5 Å². The Hall–Kier alpha value is -0.910. The van der Waals surface area contributed by atoms with E-state index in [0.717, 1.165) is 52.1 Å². The number of carbonyl (C=O) groups excluding carboxylic acids is 1. The monoisotopic (exact) mass is 279 g/mol. The van der Waals surface area contributed by atoms with Gasteiger partial charge in [-0.25, -0.2) is 0 Å². The number of amides is 1. The van der Waals surface area contributed by atoms with Crippen LogP contribution in [0.25, 0.3) is 0 Å². The first kappa shape index (κ1) is 13.1. The zero-order valence-electron chi connectivity index (χ0n) is 11.2. The molecule has 4 nitrogen and oxygen atoms in total. The minimum Gasteiger partial charge on any atom is -0.339 e. The Bertz CT molecular complexity index is 406. The molecule has 2 aliphatic heterocycles. The zero-order valence-corrected chi connectivity index (χ0v) is 12.0. The molecule has 1 aromatic heterocycles. The third-order valence-electron chi connectivity index (χ3n) is 4.03. The second-order valence-corrected chi connectivity index (χ2v) is 6.16. The molecule has 2 saturated heterocycles. The van der Waals surface area contributed by atoms with Crippen LogP contribution in [-0.2, 0) is 11.3 Å². The van der Waals surface area contributed by atoms with Crippen LogP contribution >= 0.6 is 11.3 Å². The van der Waals surface area contributed by atoms with Gasteiger partial charge in [0.2, 0.25) is 5.91 Å². The van der Waals surface area contributed by atoms with Crippen LogP contribution in [0.4, 0.5) is 0 Å². The summed E-state index contributed by atoms with van der Waals surface area (Å²) in [6, 6.07) is 2.27. The Balaban J connectivity index is 1.47. The third kappa shape index (κ3) is 3.16. The topological polar surface area (TPSA) is 35.6 Å². The van der Waals surface area contributed by atoms with E-state index < -0.39 is 0 Å². The van der Waals surface area contributed by atoms with E-state index in [0.29, 0.717) is 5.91 Å². The summed E-state index contributed by atoms with van der Waals surface area (Å²) < 4.78 is 0. The molecule has 0 spiro atoms. The maximum Gasteiger partial charge on any atom is 0.239 e. The largest absolute Gasteiger partial charge is 0.339 e. The molecule has 1 N–H and O–H groups in total. The van der Waals surface area contributed by atoms with Crippen LogP contribution < -0.4 is 5.32 Å². The highest BCUT2D eigenvalue weighted by molar-refractivity contribution is 7.07. The predicted molar refractivity (Wildman–Crippen MR) is 77.2 cm³/mol. The normalized spacial score (nSPS) is 24.8. The molecule has 19 heavy (non-hydrogen) atoms. The van der Waals surface area contributed by atoms with Crippen LogP contribution in [0.5, 0.6) is 0 Å². The van der Waals surface area contributed by atoms with Crippen molar-refractivity contribution in [2.45, 2.75) is 25.4 Å². The average molecular weight is 279 g/mol. The molecule has 0 bridgehead atoms. The van der Waals surface area contributed by atoms with Crippen molar-refractivity contribution >= 4 is 17.2 Å². The van der Waals surface area contributed by atoms with Crippen LogP contribution in [0.15, 0.2) is 16.8 Å². The number of carbonyl (C=O) groups is 1. The maximum atomic E-state index is 12.3. The van der Waals surface area contributed by atoms with Gasteiger partial charge in [-0.1, -0.05) is 0 Å². The quantitative estimate of drug-likeness (QED) is 0.901. The van der Waals surface area contributed by atoms with E-state index in [2.05, 4.69) is 27.0 Å². The average Bonchev–Trinajstić information content (AvgIpc) is 3.12. The van der Waals surface area contributed by atoms with Crippen molar-refractivity contribution in [2.24, 2.45) is 0 Å². The number of nitrogens with zero attached hydrogens (tertiary/aromatic N) is 2. The van der Waals surface area contributed by atoms with Crippen molar-refractivity contribution in [3.05, 3.63) is 22.4 Å². The van der Waals surface area contributed by atoms with E-state index in [4.69, 9.17) is 0 Å². The summed E-state index contributed by atoms with van der Waals surface area (Å²) in [5, 5.41) is 7.63. The molecule has 3 rings (SSSR count). The lowest BCUT2D eigenvalue weighted by atomic mass is 10.2. The number of rotatable bonds is 3. The van der Waals surface area contributed by atoms with Crippen LogP contribution in [0.3, 0.4) is 0 Å². The standard InChI is InChI=1S/C14H21N3OS/c18-14(13-2-1-4-15-13)17-7-5-16(6-8-17)10-12-3-9-19-11-12/h3,9,11,13,15H,1-2,4-8,10H2. The lowest BCUT2D eigenvalue weighted by molar-refractivity contribution is -0.134. The highest BCUT2D eigenvalue weighted by atomic mass is 32.1. The minimum atomic E-state index is 0.0865. The van der Waals surface area contributed by atoms with Gasteiger partial charge in [-0.15, -0.1) is 0 Å². The molecule has 1 atom stereocenters. The van der Waals surface area contributed by atoms with E-state index in [1.807, 2.05) is 4.90 Å². The summed E-state index contributed by atoms with van der Waals surface area (Å²) in [7, 11) is 0. The summed E-state index contributed by atoms with van der Waals surface area (Å²) in [6.45, 7) is 5.76. The lowest BCUT2D eigenvalue weighted by Crippen LogP contribution is -2.52. The fourth-order valence-electron chi connectivity index (χ4n) is 2.88. The summed E-state index contributed by atoms with van der Waals surface area (Å²) >= 11 is 1.75. The highest BCUT2D eigenvalue weighted by Crippen LogP contribution is 2.14. The van der Waals surface area contributed by atoms with E-state index in [1.54, 1.807) is 11.3 Å². The molecule has 2 fully saturated rings. The molecule has 3 heterocycles. The maximum absolute atomic E-state index is 12.3. The van der Waals surface area contributed by atoms with Gasteiger partial charge in [0.05, 0.1) is 6.04 Å². The van der Waals surface area contributed by atoms with E-state index >= 15 is 0 Å². The van der Waals surface area contributed by atoms with Gasteiger partial charge >= 0.3 is 0 Å². The molecule has 1 unspecified atom stereocenters. The van der Waals surface area contributed by atoms with Gasteiger partial charge < -0.3 is 10.2 Å². The van der Waals surface area contributed by atoms with Crippen molar-refractivity contribution in [3.63, 3.8) is 0 Å². The lowest BCUT2D eigenvalue weighted by Gasteiger charge is -2.35. The first-order chi connectivity index (χ1) is 9.33. The molecule has 0 saturated carbocycles. The number of piperazine rings is 1. The molecule has 2 aliphatic rings. The Morgan fingerprint density at radius 3 is 2.84 bits per heavy atom. The van der Waals surface area contributed by atoms with Gasteiger partial charge in [0, 0.05) is 32.7 Å². The van der Waals surface area contributed by atoms with Gasteiger partial charge in [0.25, 0.3) is 0 Å². The van der Waals surface area contributed by atoms with Gasteiger partial charge in [-0.3, -0.25) is 9.69 Å². The molecular formula is C14H21N3OS. The summed E-state index contributed by atoms with van der Waals surface area (Å²) in [5.41, 5.74) is 1.39. The summed E-state index contributed by atoms with van der Waals surface area (Å²) in [6.07, 6.45) is 2.14. The number of nitrogens with one attached hydrogen (secondary N) is 1. The summed E-state index contributed by atoms with van der Waals surface area (Å²) in [5.74, 6) is 0.313. The second kappa shape index (κ2) is 6.03. The van der Waals surface area contributed by atoms with Crippen molar-refractivity contribution < 1.29 is 4.79 Å².